The van der Waals surface area contributed by atoms with Gasteiger partial charge in [-0.25, -0.2) is 4.98 Å². The first-order chi connectivity index (χ1) is 8.97. The molecule has 0 amide bonds. The second kappa shape index (κ2) is 5.57. The third kappa shape index (κ3) is 3.24. The molecule has 1 aromatic carbocycles. The minimum absolute atomic E-state index is 0.113. The Morgan fingerprint density at radius 1 is 1.26 bits per heavy atom. The molecule has 1 heterocycles. The standard InChI is InChI=1S/C16H22N2O/c1-10(2)19-15-7-5-6-14-11(3)8-13(9-12(4)17)18-16(14)15/h5-8,10,12H,9,17H2,1-4H3. The number of benzene rings is 1. The number of nitrogens with two attached hydrogens (primary N) is 1. The zero-order valence-electron chi connectivity index (χ0n) is 12.1. The van der Waals surface area contributed by atoms with Crippen molar-refractivity contribution >= 4 is 10.9 Å². The Kier molecular flexibility index (Phi) is 4.05. The van der Waals surface area contributed by atoms with Crippen molar-refractivity contribution in [3.63, 3.8) is 0 Å². The molecule has 0 aliphatic carbocycles. The van der Waals surface area contributed by atoms with E-state index in [0.29, 0.717) is 0 Å². The van der Waals surface area contributed by atoms with Crippen LogP contribution in [-0.2, 0) is 6.42 Å². The molecule has 2 aromatic rings. The largest absolute Gasteiger partial charge is 0.489 e. The van der Waals surface area contributed by atoms with Crippen LogP contribution in [0, 0.1) is 6.92 Å². The number of hydrogen-bond acceptors (Lipinski definition) is 3. The summed E-state index contributed by atoms with van der Waals surface area (Å²) < 4.78 is 5.85. The predicted octanol–water partition coefficient (Wildman–Crippen LogP) is 3.22. The van der Waals surface area contributed by atoms with Crippen LogP contribution < -0.4 is 10.5 Å². The number of aryl methyl sites for hydroxylation is 1. The van der Waals surface area contributed by atoms with Crippen molar-refractivity contribution in [2.24, 2.45) is 5.73 Å². The molecular weight excluding hydrogens is 236 g/mol. The Morgan fingerprint density at radius 3 is 2.63 bits per heavy atom. The third-order valence-electron chi connectivity index (χ3n) is 2.96. The van der Waals surface area contributed by atoms with Gasteiger partial charge in [0.2, 0.25) is 0 Å². The van der Waals surface area contributed by atoms with Crippen molar-refractivity contribution < 1.29 is 4.74 Å². The third-order valence-corrected chi connectivity index (χ3v) is 2.96. The second-order valence-electron chi connectivity index (χ2n) is 5.43. The molecule has 0 saturated heterocycles. The van der Waals surface area contributed by atoms with Crippen LogP contribution in [0.1, 0.15) is 32.0 Å². The topological polar surface area (TPSA) is 48.1 Å². The van der Waals surface area contributed by atoms with E-state index in [-0.39, 0.29) is 12.1 Å². The Hall–Kier alpha value is -1.61. The number of aromatic nitrogens is 1. The quantitative estimate of drug-likeness (QED) is 0.916. The van der Waals surface area contributed by atoms with E-state index >= 15 is 0 Å². The summed E-state index contributed by atoms with van der Waals surface area (Å²) in [5.74, 6) is 0.849. The summed E-state index contributed by atoms with van der Waals surface area (Å²) >= 11 is 0. The van der Waals surface area contributed by atoms with E-state index in [0.717, 1.165) is 28.8 Å². The Labute approximate surface area is 114 Å². The zero-order chi connectivity index (χ0) is 14.0. The Balaban J connectivity index is 2.55. The van der Waals surface area contributed by atoms with Gasteiger partial charge in [-0.1, -0.05) is 12.1 Å². The van der Waals surface area contributed by atoms with Crippen LogP contribution in [0.2, 0.25) is 0 Å². The van der Waals surface area contributed by atoms with E-state index in [2.05, 4.69) is 19.1 Å². The number of rotatable bonds is 4. The maximum atomic E-state index is 5.87. The van der Waals surface area contributed by atoms with Crippen molar-refractivity contribution in [3.05, 3.63) is 35.5 Å². The molecule has 3 heteroatoms. The minimum atomic E-state index is 0.113. The van der Waals surface area contributed by atoms with Gasteiger partial charge in [-0.2, -0.15) is 0 Å². The maximum absolute atomic E-state index is 5.87. The van der Waals surface area contributed by atoms with Crippen LogP contribution >= 0.6 is 0 Å². The molecule has 2 N–H and O–H groups in total. The number of fused-ring (bicyclic) bond motifs is 1. The van der Waals surface area contributed by atoms with Gasteiger partial charge in [0.25, 0.3) is 0 Å². The molecule has 1 aromatic heterocycles. The lowest BCUT2D eigenvalue weighted by Crippen LogP contribution is -2.18. The van der Waals surface area contributed by atoms with Gasteiger partial charge in [0, 0.05) is 23.5 Å². The van der Waals surface area contributed by atoms with Crippen molar-refractivity contribution in [2.75, 3.05) is 0 Å². The van der Waals surface area contributed by atoms with Gasteiger partial charge in [-0.3, -0.25) is 0 Å². The number of ether oxygens (including phenoxy) is 1. The smallest absolute Gasteiger partial charge is 0.145 e. The van der Waals surface area contributed by atoms with Crippen LogP contribution in [0.25, 0.3) is 10.9 Å². The van der Waals surface area contributed by atoms with Crippen molar-refractivity contribution in [1.29, 1.82) is 0 Å². The van der Waals surface area contributed by atoms with Gasteiger partial charge in [0.15, 0.2) is 0 Å². The highest BCUT2D eigenvalue weighted by Crippen LogP contribution is 2.27. The number of para-hydroxylation sites is 1. The lowest BCUT2D eigenvalue weighted by molar-refractivity contribution is 0.245. The van der Waals surface area contributed by atoms with Crippen LogP contribution in [0.4, 0.5) is 0 Å². The van der Waals surface area contributed by atoms with E-state index in [1.54, 1.807) is 0 Å². The van der Waals surface area contributed by atoms with E-state index < -0.39 is 0 Å². The predicted molar refractivity (Wildman–Crippen MR) is 79.6 cm³/mol. The molecule has 0 radical (unpaired) electrons. The first kappa shape index (κ1) is 13.8. The number of hydrogen-bond donors (Lipinski definition) is 1. The minimum Gasteiger partial charge on any atom is -0.489 e. The second-order valence-corrected chi connectivity index (χ2v) is 5.43. The molecule has 19 heavy (non-hydrogen) atoms. The average Bonchev–Trinajstić information content (AvgIpc) is 2.28. The first-order valence-corrected chi connectivity index (χ1v) is 6.79. The summed E-state index contributed by atoms with van der Waals surface area (Å²) in [6.07, 6.45) is 0.928. The summed E-state index contributed by atoms with van der Waals surface area (Å²) in [7, 11) is 0. The van der Waals surface area contributed by atoms with Gasteiger partial charge in [-0.15, -0.1) is 0 Å². The maximum Gasteiger partial charge on any atom is 0.145 e. The molecule has 0 saturated carbocycles. The molecule has 3 nitrogen and oxygen atoms in total. The monoisotopic (exact) mass is 258 g/mol. The van der Waals surface area contributed by atoms with Gasteiger partial charge >= 0.3 is 0 Å². The van der Waals surface area contributed by atoms with Crippen molar-refractivity contribution in [3.8, 4) is 5.75 Å². The van der Waals surface area contributed by atoms with Gasteiger partial charge < -0.3 is 10.5 Å². The number of nitrogens with zero attached hydrogens (tertiary/aromatic N) is 1. The average molecular weight is 258 g/mol. The fraction of sp³-hybridized carbons (Fsp3) is 0.438. The van der Waals surface area contributed by atoms with Crippen LogP contribution in [-0.4, -0.2) is 17.1 Å². The lowest BCUT2D eigenvalue weighted by Gasteiger charge is -2.14. The summed E-state index contributed by atoms with van der Waals surface area (Å²) in [4.78, 5) is 4.72. The van der Waals surface area contributed by atoms with Gasteiger partial charge in [0.05, 0.1) is 6.10 Å². The highest BCUT2D eigenvalue weighted by Gasteiger charge is 2.10. The summed E-state index contributed by atoms with van der Waals surface area (Å²) in [5.41, 5.74) is 9.05. The zero-order valence-corrected chi connectivity index (χ0v) is 12.1. The highest BCUT2D eigenvalue weighted by atomic mass is 16.5. The van der Waals surface area contributed by atoms with Crippen LogP contribution in [0.5, 0.6) is 5.75 Å². The van der Waals surface area contributed by atoms with E-state index in [4.69, 9.17) is 15.5 Å². The Bertz CT molecular complexity index is 576. The van der Waals surface area contributed by atoms with E-state index in [1.807, 2.05) is 32.9 Å². The summed E-state index contributed by atoms with van der Waals surface area (Å²) in [6.45, 7) is 8.15. The van der Waals surface area contributed by atoms with Gasteiger partial charge in [0.1, 0.15) is 11.3 Å². The fourth-order valence-electron chi connectivity index (χ4n) is 2.24. The molecule has 2 rings (SSSR count). The fourth-order valence-corrected chi connectivity index (χ4v) is 2.24. The molecule has 102 valence electrons. The normalized spacial score (nSPS) is 12.9. The molecular formula is C16H22N2O. The molecule has 0 fully saturated rings. The summed E-state index contributed by atoms with van der Waals surface area (Å²) in [6, 6.07) is 8.30. The van der Waals surface area contributed by atoms with Crippen LogP contribution in [0.15, 0.2) is 24.3 Å². The first-order valence-electron chi connectivity index (χ1n) is 6.79. The Morgan fingerprint density at radius 2 is 2.00 bits per heavy atom. The molecule has 0 aliphatic rings. The molecule has 0 aliphatic heterocycles. The molecule has 0 spiro atoms. The SMILES string of the molecule is Cc1cc(CC(C)N)nc2c(OC(C)C)cccc12. The van der Waals surface area contributed by atoms with E-state index in [9.17, 15) is 0 Å². The number of pyridine rings is 1. The van der Waals surface area contributed by atoms with Crippen LogP contribution in [0.3, 0.4) is 0 Å². The molecule has 1 atom stereocenters. The van der Waals surface area contributed by atoms with Gasteiger partial charge in [-0.05, 0) is 45.4 Å². The summed E-state index contributed by atoms with van der Waals surface area (Å²) in [5, 5.41) is 1.14. The molecule has 1 unspecified atom stereocenters. The molecule has 0 bridgehead atoms. The highest BCUT2D eigenvalue weighted by molar-refractivity contribution is 5.87. The van der Waals surface area contributed by atoms with Crippen molar-refractivity contribution in [2.45, 2.75) is 46.3 Å². The van der Waals surface area contributed by atoms with E-state index in [1.165, 1.54) is 5.56 Å². The lowest BCUT2D eigenvalue weighted by atomic mass is 10.1. The van der Waals surface area contributed by atoms with Crippen molar-refractivity contribution in [1.82, 2.24) is 4.98 Å².